The molecule has 0 heterocycles. The van der Waals surface area contributed by atoms with Gasteiger partial charge < -0.3 is 10.8 Å². The average molecular weight is 368 g/mol. The van der Waals surface area contributed by atoms with Gasteiger partial charge in [0.1, 0.15) is 10.6 Å². The molecule has 0 amide bonds. The molecule has 0 aromatic rings. The summed E-state index contributed by atoms with van der Waals surface area (Å²) in [5.74, 6) is 0. The van der Waals surface area contributed by atoms with Crippen LogP contribution in [0.5, 0.6) is 0 Å². The van der Waals surface area contributed by atoms with Crippen LogP contribution in [0.25, 0.3) is 0 Å². The van der Waals surface area contributed by atoms with E-state index in [1.165, 1.54) is 0 Å². The van der Waals surface area contributed by atoms with Crippen molar-refractivity contribution < 1.29 is 35.9 Å². The molecule has 0 aromatic heterocycles. The Morgan fingerprint density at radius 3 is 1.57 bits per heavy atom. The van der Waals surface area contributed by atoms with Crippen LogP contribution in [0.3, 0.4) is 0 Å². The lowest BCUT2D eigenvalue weighted by atomic mass is 9.99. The maximum atomic E-state index is 12.7. The number of hydrogen-bond acceptors (Lipinski definition) is 3. The van der Waals surface area contributed by atoms with Crippen molar-refractivity contribution in [3.05, 3.63) is 0 Å². The number of halogens is 6. The minimum absolute atomic E-state index is 0.0695. The van der Waals surface area contributed by atoms with Gasteiger partial charge >= 0.3 is 21.4 Å². The highest BCUT2D eigenvalue weighted by Gasteiger charge is 2.71. The number of aliphatic hydroxyl groups is 1. The third-order valence-electron chi connectivity index (χ3n) is 3.38. The van der Waals surface area contributed by atoms with Gasteiger partial charge in [-0.1, -0.05) is 0 Å². The Kier molecular flexibility index (Phi) is 6.79. The summed E-state index contributed by atoms with van der Waals surface area (Å²) in [4.78, 5) is 0. The van der Waals surface area contributed by atoms with Gasteiger partial charge in [-0.3, -0.25) is 0 Å². The summed E-state index contributed by atoms with van der Waals surface area (Å²) >= 11 is 0. The number of rotatable bonds is 6. The van der Waals surface area contributed by atoms with Gasteiger partial charge in [0.25, 0.3) is 5.60 Å². The molecule has 0 aliphatic rings. The van der Waals surface area contributed by atoms with E-state index in [9.17, 15) is 31.4 Å². The Hall–Kier alpha value is -0.323. The molecule has 0 radical (unpaired) electrons. The van der Waals surface area contributed by atoms with Gasteiger partial charge in [0.05, 0.1) is 6.04 Å². The van der Waals surface area contributed by atoms with Crippen molar-refractivity contribution >= 4 is 9.04 Å². The largest absolute Gasteiger partial charge is 0.479 e. The Morgan fingerprint density at radius 1 is 0.913 bits per heavy atom. The standard InChI is InChI=1S/C13H24F6NO2Si/c1-9(2,3)23(22-10(4,5)8-20)7-6-11(21,12(14,15)16)13(17,18)19/h21H,6-8,20H2,1-5H3/q+1. The molecule has 0 aromatic carbocycles. The summed E-state index contributed by atoms with van der Waals surface area (Å²) in [5, 5.41) is 8.61. The molecule has 3 N–H and O–H groups in total. The van der Waals surface area contributed by atoms with Gasteiger partial charge in [-0.05, 0) is 34.6 Å². The van der Waals surface area contributed by atoms with Gasteiger partial charge in [0.15, 0.2) is 0 Å². The molecule has 0 saturated carbocycles. The van der Waals surface area contributed by atoms with Crippen LogP contribution in [-0.4, -0.2) is 44.2 Å². The summed E-state index contributed by atoms with van der Waals surface area (Å²) in [6.07, 6.45) is -13.1. The molecular formula is C13H24F6NO2Si+. The van der Waals surface area contributed by atoms with Gasteiger partial charge in [-0.15, -0.1) is 0 Å². The van der Waals surface area contributed by atoms with Crippen LogP contribution in [0.15, 0.2) is 0 Å². The number of nitrogens with two attached hydrogens (primary N) is 1. The van der Waals surface area contributed by atoms with Crippen molar-refractivity contribution in [1.82, 2.24) is 0 Å². The highest BCUT2D eigenvalue weighted by atomic mass is 28.3. The first-order chi connectivity index (χ1) is 9.87. The van der Waals surface area contributed by atoms with E-state index < -0.39 is 50.1 Å². The van der Waals surface area contributed by atoms with Gasteiger partial charge in [0.2, 0.25) is 0 Å². The molecular weight excluding hydrogens is 344 g/mol. The molecule has 138 valence electrons. The van der Waals surface area contributed by atoms with Crippen LogP contribution in [0.2, 0.25) is 11.1 Å². The molecule has 0 rings (SSSR count). The Balaban J connectivity index is 5.38. The van der Waals surface area contributed by atoms with Crippen molar-refractivity contribution in [2.24, 2.45) is 5.73 Å². The van der Waals surface area contributed by atoms with Crippen LogP contribution < -0.4 is 5.73 Å². The summed E-state index contributed by atoms with van der Waals surface area (Å²) in [7, 11) is -2.12. The van der Waals surface area contributed by atoms with Crippen molar-refractivity contribution in [3.63, 3.8) is 0 Å². The third kappa shape index (κ3) is 5.91. The molecule has 0 spiro atoms. The van der Waals surface area contributed by atoms with Crippen LogP contribution in [0, 0.1) is 0 Å². The third-order valence-corrected chi connectivity index (χ3v) is 6.56. The summed E-state index contributed by atoms with van der Waals surface area (Å²) in [6, 6.07) is -0.521. The van der Waals surface area contributed by atoms with Crippen molar-refractivity contribution in [1.29, 1.82) is 0 Å². The monoisotopic (exact) mass is 368 g/mol. The Labute approximate surface area is 133 Å². The smallest absolute Gasteiger partial charge is 0.374 e. The van der Waals surface area contributed by atoms with E-state index in [1.807, 2.05) is 0 Å². The minimum atomic E-state index is -5.81. The fraction of sp³-hybridized carbons (Fsp3) is 1.00. The summed E-state index contributed by atoms with van der Waals surface area (Å²) < 4.78 is 82.1. The topological polar surface area (TPSA) is 55.5 Å². The molecule has 0 aliphatic carbocycles. The molecule has 0 atom stereocenters. The lowest BCUT2D eigenvalue weighted by Gasteiger charge is -2.32. The zero-order valence-electron chi connectivity index (χ0n) is 13.8. The SMILES string of the molecule is CC(C)(CN)O[Si+](CCC(O)(C(F)(F)F)C(F)(F)F)C(C)(C)C. The zero-order valence-corrected chi connectivity index (χ0v) is 14.8. The van der Waals surface area contributed by atoms with Crippen LogP contribution in [-0.2, 0) is 4.43 Å². The summed E-state index contributed by atoms with van der Waals surface area (Å²) in [6.45, 7) is 8.32. The van der Waals surface area contributed by atoms with E-state index in [0.29, 0.717) is 0 Å². The lowest BCUT2D eigenvalue weighted by Crippen LogP contribution is -2.57. The normalized spacial score (nSPS) is 15.0. The second-order valence-corrected chi connectivity index (χ2v) is 10.1. The van der Waals surface area contributed by atoms with E-state index in [-0.39, 0.29) is 6.54 Å². The molecule has 23 heavy (non-hydrogen) atoms. The van der Waals surface area contributed by atoms with E-state index in [0.717, 1.165) is 0 Å². The first kappa shape index (κ1) is 22.7. The maximum Gasteiger partial charge on any atom is 0.479 e. The number of alkyl halides is 6. The summed E-state index contributed by atoms with van der Waals surface area (Å²) in [5.41, 5.74) is -0.103. The first-order valence-electron chi connectivity index (χ1n) is 6.98. The second-order valence-electron chi connectivity index (χ2n) is 7.09. The van der Waals surface area contributed by atoms with Gasteiger partial charge in [-0.2, -0.15) is 26.3 Å². The minimum Gasteiger partial charge on any atom is -0.374 e. The maximum absolute atomic E-state index is 12.7. The Bertz CT molecular complexity index is 375. The van der Waals surface area contributed by atoms with Crippen molar-refractivity contribution in [2.75, 3.05) is 6.54 Å². The second kappa shape index (κ2) is 6.89. The Morgan fingerprint density at radius 2 is 1.30 bits per heavy atom. The highest BCUT2D eigenvalue weighted by molar-refractivity contribution is 6.55. The van der Waals surface area contributed by atoms with E-state index in [1.54, 1.807) is 34.6 Å². The molecule has 0 fully saturated rings. The van der Waals surface area contributed by atoms with Gasteiger partial charge in [-0.25, -0.2) is 4.43 Å². The van der Waals surface area contributed by atoms with Crippen molar-refractivity contribution in [2.45, 2.75) is 75.7 Å². The van der Waals surface area contributed by atoms with Crippen LogP contribution in [0.4, 0.5) is 26.3 Å². The van der Waals surface area contributed by atoms with Gasteiger partial charge in [0, 0.05) is 13.0 Å². The molecule has 0 bridgehead atoms. The molecule has 3 nitrogen and oxygen atoms in total. The molecule has 0 saturated heterocycles. The first-order valence-corrected chi connectivity index (χ1v) is 8.60. The van der Waals surface area contributed by atoms with E-state index in [2.05, 4.69) is 0 Å². The molecule has 0 unspecified atom stereocenters. The quantitative estimate of drug-likeness (QED) is 0.554. The average Bonchev–Trinajstić information content (AvgIpc) is 2.29. The highest BCUT2D eigenvalue weighted by Crippen LogP contribution is 2.47. The predicted molar refractivity (Wildman–Crippen MR) is 76.2 cm³/mol. The molecule has 0 aliphatic heterocycles. The molecule has 10 heteroatoms. The van der Waals surface area contributed by atoms with E-state index >= 15 is 0 Å². The van der Waals surface area contributed by atoms with Crippen LogP contribution in [0.1, 0.15) is 41.0 Å². The predicted octanol–water partition coefficient (Wildman–Crippen LogP) is 3.78. The lowest BCUT2D eigenvalue weighted by molar-refractivity contribution is -0.368. The van der Waals surface area contributed by atoms with E-state index in [4.69, 9.17) is 10.2 Å². The van der Waals surface area contributed by atoms with Crippen LogP contribution >= 0.6 is 0 Å². The van der Waals surface area contributed by atoms with Crippen molar-refractivity contribution in [3.8, 4) is 0 Å². The zero-order chi connectivity index (χ0) is 18.9. The fourth-order valence-electron chi connectivity index (χ4n) is 1.69. The number of hydrogen-bond donors (Lipinski definition) is 2. The fourth-order valence-corrected chi connectivity index (χ4v) is 4.19.